The summed E-state index contributed by atoms with van der Waals surface area (Å²) >= 11 is 0. The van der Waals surface area contributed by atoms with Gasteiger partial charge in [0, 0.05) is 30.4 Å². The number of aromatic nitrogens is 1. The lowest BCUT2D eigenvalue weighted by Crippen LogP contribution is -2.37. The molecule has 1 unspecified atom stereocenters. The lowest BCUT2D eigenvalue weighted by Gasteiger charge is -2.12. The SMILES string of the molecule is CCc1cc(C(=O)CC(C)CCNC(=O)C(F)(F)F)ccn1. The highest BCUT2D eigenvalue weighted by Gasteiger charge is 2.38. The number of amides is 1. The second kappa shape index (κ2) is 7.91. The van der Waals surface area contributed by atoms with Gasteiger partial charge in [0.15, 0.2) is 5.78 Å². The summed E-state index contributed by atoms with van der Waals surface area (Å²) in [5.74, 6) is -2.15. The van der Waals surface area contributed by atoms with Crippen LogP contribution in [0.1, 0.15) is 42.7 Å². The number of nitrogens with zero attached hydrogens (tertiary/aromatic N) is 1. The van der Waals surface area contributed by atoms with Crippen LogP contribution in [0.3, 0.4) is 0 Å². The number of carbonyl (C=O) groups is 2. The van der Waals surface area contributed by atoms with Crippen molar-refractivity contribution in [3.63, 3.8) is 0 Å². The number of aryl methyl sites for hydroxylation is 1. The Labute approximate surface area is 127 Å². The average molecular weight is 316 g/mol. The molecule has 0 fully saturated rings. The molecule has 1 amide bonds. The zero-order valence-electron chi connectivity index (χ0n) is 12.5. The zero-order valence-corrected chi connectivity index (χ0v) is 12.5. The molecule has 0 aliphatic heterocycles. The number of pyridine rings is 1. The highest BCUT2D eigenvalue weighted by molar-refractivity contribution is 5.96. The maximum atomic E-state index is 12.1. The molecule has 0 saturated carbocycles. The van der Waals surface area contributed by atoms with E-state index in [0.29, 0.717) is 12.0 Å². The molecule has 1 heterocycles. The van der Waals surface area contributed by atoms with E-state index in [1.807, 2.05) is 6.92 Å². The third-order valence-corrected chi connectivity index (χ3v) is 3.21. The van der Waals surface area contributed by atoms with E-state index < -0.39 is 12.1 Å². The van der Waals surface area contributed by atoms with Gasteiger partial charge in [-0.1, -0.05) is 13.8 Å². The predicted octanol–water partition coefficient (Wildman–Crippen LogP) is 2.92. The van der Waals surface area contributed by atoms with Crippen LogP contribution in [-0.4, -0.2) is 29.4 Å². The summed E-state index contributed by atoms with van der Waals surface area (Å²) in [4.78, 5) is 26.8. The molecule has 0 aliphatic rings. The minimum Gasteiger partial charge on any atom is -0.348 e. The van der Waals surface area contributed by atoms with E-state index in [2.05, 4.69) is 4.98 Å². The van der Waals surface area contributed by atoms with Crippen LogP contribution in [0, 0.1) is 5.92 Å². The summed E-state index contributed by atoms with van der Waals surface area (Å²) in [6.07, 6.45) is -2.05. The molecule has 1 aromatic heterocycles. The summed E-state index contributed by atoms with van der Waals surface area (Å²) in [6.45, 7) is 3.59. The summed E-state index contributed by atoms with van der Waals surface area (Å²) in [5.41, 5.74) is 1.37. The third kappa shape index (κ3) is 5.83. The molecule has 1 N–H and O–H groups in total. The fraction of sp³-hybridized carbons (Fsp3) is 0.533. The molecule has 1 rings (SSSR count). The minimum absolute atomic E-state index is 0.0771. The van der Waals surface area contributed by atoms with Crippen LogP contribution in [0.4, 0.5) is 13.2 Å². The van der Waals surface area contributed by atoms with Gasteiger partial charge in [0.25, 0.3) is 0 Å². The second-order valence-electron chi connectivity index (χ2n) is 5.16. The molecule has 122 valence electrons. The summed E-state index contributed by atoms with van der Waals surface area (Å²) in [7, 11) is 0. The Morgan fingerprint density at radius 1 is 1.36 bits per heavy atom. The van der Waals surface area contributed by atoms with Gasteiger partial charge in [-0.25, -0.2) is 0 Å². The van der Waals surface area contributed by atoms with Crippen LogP contribution in [0.2, 0.25) is 0 Å². The van der Waals surface area contributed by atoms with Crippen LogP contribution in [0.15, 0.2) is 18.3 Å². The van der Waals surface area contributed by atoms with Gasteiger partial charge in [0.2, 0.25) is 0 Å². The Hall–Kier alpha value is -1.92. The second-order valence-corrected chi connectivity index (χ2v) is 5.16. The standard InChI is InChI=1S/C15H19F3N2O2/c1-3-12-9-11(5-7-19-12)13(21)8-10(2)4-6-20-14(22)15(16,17)18/h5,7,9-10H,3-4,6,8H2,1-2H3,(H,20,22). The quantitative estimate of drug-likeness (QED) is 0.787. The molecule has 0 spiro atoms. The van der Waals surface area contributed by atoms with E-state index in [-0.39, 0.29) is 24.7 Å². The van der Waals surface area contributed by atoms with Crippen molar-refractivity contribution in [1.29, 1.82) is 0 Å². The lowest BCUT2D eigenvalue weighted by molar-refractivity contribution is -0.173. The van der Waals surface area contributed by atoms with E-state index in [1.165, 1.54) is 0 Å². The van der Waals surface area contributed by atoms with Gasteiger partial charge in [-0.3, -0.25) is 14.6 Å². The maximum Gasteiger partial charge on any atom is 0.471 e. The molecular formula is C15H19F3N2O2. The Morgan fingerprint density at radius 2 is 2.05 bits per heavy atom. The first-order valence-corrected chi connectivity index (χ1v) is 7.07. The van der Waals surface area contributed by atoms with Crippen molar-refractivity contribution >= 4 is 11.7 Å². The smallest absolute Gasteiger partial charge is 0.348 e. The number of Topliss-reactive ketones (excluding diaryl/α,β-unsaturated/α-hetero) is 1. The number of rotatable bonds is 7. The Kier molecular flexibility index (Phi) is 6.52. The van der Waals surface area contributed by atoms with E-state index in [1.54, 1.807) is 30.6 Å². The molecule has 0 saturated heterocycles. The number of ketones is 1. The van der Waals surface area contributed by atoms with Gasteiger partial charge in [-0.2, -0.15) is 13.2 Å². The fourth-order valence-corrected chi connectivity index (χ4v) is 1.91. The summed E-state index contributed by atoms with van der Waals surface area (Å²) in [6, 6.07) is 3.35. The number of hydrogen-bond acceptors (Lipinski definition) is 3. The van der Waals surface area contributed by atoms with E-state index in [4.69, 9.17) is 0 Å². The van der Waals surface area contributed by atoms with Gasteiger partial charge < -0.3 is 5.32 Å². The molecule has 0 aliphatic carbocycles. The van der Waals surface area contributed by atoms with Crippen molar-refractivity contribution in [1.82, 2.24) is 10.3 Å². The monoisotopic (exact) mass is 316 g/mol. The molecular weight excluding hydrogens is 297 g/mol. The van der Waals surface area contributed by atoms with Crippen molar-refractivity contribution in [3.05, 3.63) is 29.6 Å². The van der Waals surface area contributed by atoms with Crippen molar-refractivity contribution < 1.29 is 22.8 Å². The summed E-state index contributed by atoms with van der Waals surface area (Å²) < 4.78 is 36.0. The van der Waals surface area contributed by atoms with Crippen LogP contribution >= 0.6 is 0 Å². The molecule has 0 aromatic carbocycles. The topological polar surface area (TPSA) is 59.1 Å². The first-order chi connectivity index (χ1) is 10.2. The Bertz CT molecular complexity index is 530. The third-order valence-electron chi connectivity index (χ3n) is 3.21. The molecule has 0 bridgehead atoms. The number of nitrogens with one attached hydrogen (secondary N) is 1. The van der Waals surface area contributed by atoms with Gasteiger partial charge >= 0.3 is 12.1 Å². The molecule has 0 radical (unpaired) electrons. The van der Waals surface area contributed by atoms with Crippen LogP contribution in [0.5, 0.6) is 0 Å². The average Bonchev–Trinajstić information content (AvgIpc) is 2.46. The molecule has 1 atom stereocenters. The largest absolute Gasteiger partial charge is 0.471 e. The van der Waals surface area contributed by atoms with E-state index in [0.717, 1.165) is 12.1 Å². The highest BCUT2D eigenvalue weighted by Crippen LogP contribution is 2.16. The number of halogens is 3. The van der Waals surface area contributed by atoms with Gasteiger partial charge in [-0.15, -0.1) is 0 Å². The molecule has 7 heteroatoms. The fourth-order valence-electron chi connectivity index (χ4n) is 1.91. The van der Waals surface area contributed by atoms with Crippen molar-refractivity contribution in [2.45, 2.75) is 39.3 Å². The van der Waals surface area contributed by atoms with Gasteiger partial charge in [0.1, 0.15) is 0 Å². The van der Waals surface area contributed by atoms with Crippen LogP contribution in [0.25, 0.3) is 0 Å². The van der Waals surface area contributed by atoms with Crippen molar-refractivity contribution in [2.24, 2.45) is 5.92 Å². The summed E-state index contributed by atoms with van der Waals surface area (Å²) in [5, 5.41) is 1.80. The van der Waals surface area contributed by atoms with Crippen LogP contribution < -0.4 is 5.32 Å². The zero-order chi connectivity index (χ0) is 16.8. The van der Waals surface area contributed by atoms with E-state index >= 15 is 0 Å². The predicted molar refractivity (Wildman–Crippen MR) is 75.4 cm³/mol. The molecule has 22 heavy (non-hydrogen) atoms. The van der Waals surface area contributed by atoms with Gasteiger partial charge in [0.05, 0.1) is 0 Å². The lowest BCUT2D eigenvalue weighted by atomic mass is 9.97. The van der Waals surface area contributed by atoms with E-state index in [9.17, 15) is 22.8 Å². The van der Waals surface area contributed by atoms with Crippen molar-refractivity contribution in [3.8, 4) is 0 Å². The minimum atomic E-state index is -4.87. The highest BCUT2D eigenvalue weighted by atomic mass is 19.4. The maximum absolute atomic E-state index is 12.1. The van der Waals surface area contributed by atoms with Crippen LogP contribution in [-0.2, 0) is 11.2 Å². The normalized spacial score (nSPS) is 12.8. The number of alkyl halides is 3. The number of hydrogen-bond donors (Lipinski definition) is 1. The van der Waals surface area contributed by atoms with Gasteiger partial charge in [-0.05, 0) is 30.9 Å². The first kappa shape index (κ1) is 18.1. The van der Waals surface area contributed by atoms with Crippen molar-refractivity contribution in [2.75, 3.05) is 6.54 Å². The first-order valence-electron chi connectivity index (χ1n) is 7.07. The molecule has 1 aromatic rings. The Morgan fingerprint density at radius 3 is 2.64 bits per heavy atom. The molecule has 4 nitrogen and oxygen atoms in total. The number of carbonyl (C=O) groups excluding carboxylic acids is 2. The Balaban J connectivity index is 2.43.